The summed E-state index contributed by atoms with van der Waals surface area (Å²) < 4.78 is 10.5. The Morgan fingerprint density at radius 2 is 2.20 bits per heavy atom. The first-order valence-corrected chi connectivity index (χ1v) is 7.33. The molecule has 0 bridgehead atoms. The molecule has 0 saturated heterocycles. The summed E-state index contributed by atoms with van der Waals surface area (Å²) in [5, 5.41) is 5.04. The second-order valence-corrected chi connectivity index (χ2v) is 5.76. The van der Waals surface area contributed by atoms with Crippen LogP contribution in [0.15, 0.2) is 35.7 Å². The van der Waals surface area contributed by atoms with Gasteiger partial charge in [0, 0.05) is 22.9 Å². The van der Waals surface area contributed by atoms with Gasteiger partial charge in [-0.2, -0.15) is 0 Å². The molecule has 1 amide bonds. The van der Waals surface area contributed by atoms with Gasteiger partial charge in [0.15, 0.2) is 11.5 Å². The lowest BCUT2D eigenvalue weighted by molar-refractivity contribution is 0.0940. The molecule has 1 aromatic heterocycles. The zero-order valence-electron chi connectivity index (χ0n) is 11.1. The van der Waals surface area contributed by atoms with Gasteiger partial charge in [-0.05, 0) is 36.6 Å². The van der Waals surface area contributed by atoms with Crippen LogP contribution in [0.5, 0.6) is 11.5 Å². The van der Waals surface area contributed by atoms with Crippen molar-refractivity contribution in [2.75, 3.05) is 6.79 Å². The van der Waals surface area contributed by atoms with Crippen molar-refractivity contribution in [1.29, 1.82) is 0 Å². The Hall–Kier alpha value is -2.01. The molecule has 0 spiro atoms. The van der Waals surface area contributed by atoms with Crippen LogP contribution in [0.1, 0.15) is 22.2 Å². The number of amides is 1. The normalized spacial score (nSPS) is 14.1. The van der Waals surface area contributed by atoms with E-state index in [1.54, 1.807) is 29.5 Å². The molecule has 5 heteroatoms. The van der Waals surface area contributed by atoms with Crippen LogP contribution in [0, 0.1) is 0 Å². The lowest BCUT2D eigenvalue weighted by Crippen LogP contribution is -2.33. The van der Waals surface area contributed by atoms with E-state index in [-0.39, 0.29) is 18.7 Å². The van der Waals surface area contributed by atoms with Crippen molar-refractivity contribution < 1.29 is 14.3 Å². The van der Waals surface area contributed by atoms with E-state index in [1.165, 1.54) is 4.88 Å². The molecule has 1 N–H and O–H groups in total. The SMILES string of the molecule is C[C@@H](Cc1cccs1)NC(=O)c1ccc2c(c1)OCO2. The van der Waals surface area contributed by atoms with E-state index in [0.29, 0.717) is 17.1 Å². The maximum Gasteiger partial charge on any atom is 0.251 e. The predicted octanol–water partition coefficient (Wildman–Crippen LogP) is 2.84. The largest absolute Gasteiger partial charge is 0.454 e. The van der Waals surface area contributed by atoms with Gasteiger partial charge >= 0.3 is 0 Å². The van der Waals surface area contributed by atoms with Gasteiger partial charge in [0.2, 0.25) is 6.79 Å². The molecule has 1 aliphatic rings. The summed E-state index contributed by atoms with van der Waals surface area (Å²) in [7, 11) is 0. The second-order valence-electron chi connectivity index (χ2n) is 4.73. The minimum Gasteiger partial charge on any atom is -0.454 e. The smallest absolute Gasteiger partial charge is 0.251 e. The summed E-state index contributed by atoms with van der Waals surface area (Å²) in [5.41, 5.74) is 0.590. The number of nitrogens with one attached hydrogen (secondary N) is 1. The predicted molar refractivity (Wildman–Crippen MR) is 77.5 cm³/mol. The highest BCUT2D eigenvalue weighted by Crippen LogP contribution is 2.32. The molecule has 4 nitrogen and oxygen atoms in total. The van der Waals surface area contributed by atoms with Crippen LogP contribution >= 0.6 is 11.3 Å². The zero-order valence-corrected chi connectivity index (χ0v) is 11.9. The fraction of sp³-hybridized carbons (Fsp3) is 0.267. The maximum atomic E-state index is 12.2. The Morgan fingerprint density at radius 3 is 3.00 bits per heavy atom. The van der Waals surface area contributed by atoms with Crippen molar-refractivity contribution in [3.05, 3.63) is 46.2 Å². The maximum absolute atomic E-state index is 12.2. The standard InChI is InChI=1S/C15H15NO3S/c1-10(7-12-3-2-6-20-12)16-15(17)11-4-5-13-14(8-11)19-9-18-13/h2-6,8,10H,7,9H2,1H3,(H,16,17)/t10-/m0/s1. The van der Waals surface area contributed by atoms with Crippen LogP contribution in [0.3, 0.4) is 0 Å². The number of carbonyl (C=O) groups excluding carboxylic acids is 1. The molecule has 0 saturated carbocycles. The summed E-state index contributed by atoms with van der Waals surface area (Å²) >= 11 is 1.70. The van der Waals surface area contributed by atoms with E-state index >= 15 is 0 Å². The molecule has 20 heavy (non-hydrogen) atoms. The molecule has 1 aliphatic heterocycles. The van der Waals surface area contributed by atoms with E-state index in [9.17, 15) is 4.79 Å². The van der Waals surface area contributed by atoms with E-state index in [0.717, 1.165) is 6.42 Å². The molecule has 1 atom stereocenters. The zero-order chi connectivity index (χ0) is 13.9. The monoisotopic (exact) mass is 289 g/mol. The number of thiophene rings is 1. The molecule has 0 fully saturated rings. The van der Waals surface area contributed by atoms with Crippen molar-refractivity contribution in [2.45, 2.75) is 19.4 Å². The van der Waals surface area contributed by atoms with Crippen molar-refractivity contribution in [2.24, 2.45) is 0 Å². The molecule has 0 unspecified atom stereocenters. The Morgan fingerprint density at radius 1 is 1.35 bits per heavy atom. The summed E-state index contributed by atoms with van der Waals surface area (Å²) in [5.74, 6) is 1.23. The number of benzene rings is 1. The second kappa shape index (κ2) is 5.54. The van der Waals surface area contributed by atoms with E-state index in [1.807, 2.05) is 18.4 Å². The van der Waals surface area contributed by atoms with Gasteiger partial charge in [-0.1, -0.05) is 6.07 Å². The van der Waals surface area contributed by atoms with Crippen LogP contribution in [-0.2, 0) is 6.42 Å². The van der Waals surface area contributed by atoms with Crippen molar-refractivity contribution >= 4 is 17.2 Å². The van der Waals surface area contributed by atoms with Gasteiger partial charge in [0.05, 0.1) is 0 Å². The average molecular weight is 289 g/mol. The van der Waals surface area contributed by atoms with Gasteiger partial charge in [0.25, 0.3) is 5.91 Å². The van der Waals surface area contributed by atoms with Crippen LogP contribution < -0.4 is 14.8 Å². The Labute approximate surface area is 121 Å². The summed E-state index contributed by atoms with van der Waals surface area (Å²) in [6.45, 7) is 2.22. The molecular formula is C15H15NO3S. The minimum absolute atomic E-state index is 0.0894. The average Bonchev–Trinajstić information content (AvgIpc) is 3.07. The topological polar surface area (TPSA) is 47.6 Å². The first-order chi connectivity index (χ1) is 9.72. The summed E-state index contributed by atoms with van der Waals surface area (Å²) in [6.07, 6.45) is 0.841. The highest BCUT2D eigenvalue weighted by Gasteiger charge is 2.17. The van der Waals surface area contributed by atoms with Gasteiger partial charge < -0.3 is 14.8 Å². The van der Waals surface area contributed by atoms with Crippen LogP contribution in [-0.4, -0.2) is 18.7 Å². The van der Waals surface area contributed by atoms with Crippen LogP contribution in [0.25, 0.3) is 0 Å². The Kier molecular flexibility index (Phi) is 3.60. The first kappa shape index (κ1) is 13.0. The molecule has 2 heterocycles. The van der Waals surface area contributed by atoms with Gasteiger partial charge in [-0.15, -0.1) is 11.3 Å². The summed E-state index contributed by atoms with van der Waals surface area (Å²) in [4.78, 5) is 13.4. The Bertz CT molecular complexity index is 610. The fourth-order valence-corrected chi connectivity index (χ4v) is 2.96. The lowest BCUT2D eigenvalue weighted by atomic mass is 10.1. The van der Waals surface area contributed by atoms with E-state index < -0.39 is 0 Å². The highest BCUT2D eigenvalue weighted by molar-refractivity contribution is 7.09. The number of hydrogen-bond donors (Lipinski definition) is 1. The third kappa shape index (κ3) is 2.77. The van der Waals surface area contributed by atoms with Crippen molar-refractivity contribution in [3.8, 4) is 11.5 Å². The van der Waals surface area contributed by atoms with E-state index in [4.69, 9.17) is 9.47 Å². The minimum atomic E-state index is -0.0904. The lowest BCUT2D eigenvalue weighted by Gasteiger charge is -2.13. The molecule has 2 aromatic rings. The third-order valence-electron chi connectivity index (χ3n) is 3.10. The summed E-state index contributed by atoms with van der Waals surface area (Å²) in [6, 6.07) is 9.42. The molecule has 1 aromatic carbocycles. The molecule has 0 aliphatic carbocycles. The third-order valence-corrected chi connectivity index (χ3v) is 4.00. The molecule has 3 rings (SSSR count). The number of carbonyl (C=O) groups is 1. The quantitative estimate of drug-likeness (QED) is 0.941. The number of ether oxygens (including phenoxy) is 2. The van der Waals surface area contributed by atoms with Gasteiger partial charge in [-0.25, -0.2) is 0 Å². The fourth-order valence-electron chi connectivity index (χ4n) is 2.13. The van der Waals surface area contributed by atoms with Gasteiger partial charge in [0.1, 0.15) is 0 Å². The van der Waals surface area contributed by atoms with Crippen LogP contribution in [0.2, 0.25) is 0 Å². The van der Waals surface area contributed by atoms with E-state index in [2.05, 4.69) is 11.4 Å². The first-order valence-electron chi connectivity index (χ1n) is 6.45. The highest BCUT2D eigenvalue weighted by atomic mass is 32.1. The molecule has 0 radical (unpaired) electrons. The van der Waals surface area contributed by atoms with Crippen molar-refractivity contribution in [3.63, 3.8) is 0 Å². The number of hydrogen-bond acceptors (Lipinski definition) is 4. The van der Waals surface area contributed by atoms with Crippen molar-refractivity contribution in [1.82, 2.24) is 5.32 Å². The van der Waals surface area contributed by atoms with Gasteiger partial charge in [-0.3, -0.25) is 4.79 Å². The van der Waals surface area contributed by atoms with Crippen LogP contribution in [0.4, 0.5) is 0 Å². The molecule has 104 valence electrons. The number of rotatable bonds is 4. The molecular weight excluding hydrogens is 274 g/mol. The number of fused-ring (bicyclic) bond motifs is 1. The Balaban J connectivity index is 1.64.